The number of ether oxygens (including phenoxy) is 1. The molecule has 2 aromatic carbocycles. The molecule has 8 nitrogen and oxygen atoms in total. The molecule has 2 aliphatic rings. The van der Waals surface area contributed by atoms with E-state index in [2.05, 4.69) is 15.3 Å². The second-order valence-electron chi connectivity index (χ2n) is 11.6. The molecule has 2 atom stereocenters. The van der Waals surface area contributed by atoms with E-state index in [0.29, 0.717) is 72.6 Å². The van der Waals surface area contributed by atoms with Crippen LogP contribution in [0.15, 0.2) is 24.3 Å². The number of hydrogen-bond acceptors (Lipinski definition) is 7. The van der Waals surface area contributed by atoms with Crippen LogP contribution in [0.25, 0.3) is 10.9 Å². The molecule has 1 amide bonds. The van der Waals surface area contributed by atoms with Gasteiger partial charge in [-0.25, -0.2) is 23.1 Å². The zero-order valence-corrected chi connectivity index (χ0v) is 24.3. The van der Waals surface area contributed by atoms with Crippen molar-refractivity contribution in [3.8, 4) is 5.75 Å². The van der Waals surface area contributed by atoms with E-state index in [0.717, 1.165) is 11.6 Å². The fraction of sp³-hybridized carbons (Fsp3) is 0.516. The molecule has 0 radical (unpaired) electrons. The molecule has 11 heteroatoms. The molecule has 42 heavy (non-hydrogen) atoms. The van der Waals surface area contributed by atoms with Crippen LogP contribution in [0.2, 0.25) is 0 Å². The molecule has 3 aromatic rings. The number of aliphatic hydroxyl groups is 2. The number of alkyl halides is 2. The Morgan fingerprint density at radius 3 is 2.57 bits per heavy atom. The lowest BCUT2D eigenvalue weighted by Crippen LogP contribution is -2.41. The highest BCUT2D eigenvalue weighted by atomic mass is 19.3. The zero-order valence-electron chi connectivity index (χ0n) is 24.3. The third kappa shape index (κ3) is 5.64. The molecular formula is C31H37F3N4O4. The summed E-state index contributed by atoms with van der Waals surface area (Å²) in [6, 6.07) is 5.05. The van der Waals surface area contributed by atoms with Crippen molar-refractivity contribution < 1.29 is 32.9 Å². The highest BCUT2D eigenvalue weighted by Gasteiger charge is 2.41. The Morgan fingerprint density at radius 2 is 1.90 bits per heavy atom. The van der Waals surface area contributed by atoms with Crippen molar-refractivity contribution in [1.29, 1.82) is 0 Å². The normalized spacial score (nSPS) is 21.6. The quantitative estimate of drug-likeness (QED) is 0.327. The van der Waals surface area contributed by atoms with E-state index in [-0.39, 0.29) is 23.9 Å². The molecule has 1 fully saturated rings. The lowest BCUT2D eigenvalue weighted by atomic mass is 9.74. The van der Waals surface area contributed by atoms with E-state index in [9.17, 15) is 28.2 Å². The molecular weight excluding hydrogens is 549 g/mol. The van der Waals surface area contributed by atoms with Crippen molar-refractivity contribution in [2.75, 3.05) is 25.5 Å². The SMILES string of the molecule is Cc1nc(N[C@H](C)c2cccc(C(F)F)c2F)c2cc([C@]3(O)CC[C@@H](C(=O)N(C)C[C@H](C)O)CC3)c3c(c2n1)CCO3. The van der Waals surface area contributed by atoms with Crippen LogP contribution in [0.5, 0.6) is 5.75 Å². The van der Waals surface area contributed by atoms with Gasteiger partial charge in [-0.2, -0.15) is 0 Å². The molecule has 1 aromatic heterocycles. The number of halogens is 3. The second-order valence-corrected chi connectivity index (χ2v) is 11.6. The fourth-order valence-electron chi connectivity index (χ4n) is 6.30. The van der Waals surface area contributed by atoms with Gasteiger partial charge in [-0.3, -0.25) is 4.79 Å². The molecule has 0 unspecified atom stereocenters. The number of aliphatic hydroxyl groups excluding tert-OH is 1. The number of likely N-dealkylation sites (N-methyl/N-ethyl adjacent to an activating group) is 1. The highest BCUT2D eigenvalue weighted by Crippen LogP contribution is 2.48. The minimum Gasteiger partial charge on any atom is -0.492 e. The first-order chi connectivity index (χ1) is 19.9. The van der Waals surface area contributed by atoms with Crippen molar-refractivity contribution in [3.63, 3.8) is 0 Å². The van der Waals surface area contributed by atoms with Crippen molar-refractivity contribution in [3.05, 3.63) is 58.2 Å². The van der Waals surface area contributed by atoms with Crippen molar-refractivity contribution in [1.82, 2.24) is 14.9 Å². The van der Waals surface area contributed by atoms with E-state index in [1.165, 1.54) is 17.0 Å². The van der Waals surface area contributed by atoms with Gasteiger partial charge in [0.1, 0.15) is 23.2 Å². The standard InChI is InChI=1S/C31H37F3N4O4/c1-16(39)15-38(4)30(40)19-8-11-31(41,12-9-19)24-14-23-26(22-10-13-42-27(22)24)36-18(3)37-29(23)35-17(2)20-6-5-7-21(25(20)32)28(33)34/h5-7,14,16-17,19,28,39,41H,8-13,15H2,1-4H3,(H,35,36,37)/t16-,17+,19-,31+/m0/s1. The Bertz CT molecular complexity index is 1490. The first-order valence-corrected chi connectivity index (χ1v) is 14.4. The number of fused-ring (bicyclic) bond motifs is 3. The molecule has 1 aliphatic heterocycles. The van der Waals surface area contributed by atoms with Crippen LogP contribution >= 0.6 is 0 Å². The summed E-state index contributed by atoms with van der Waals surface area (Å²) in [5.41, 5.74) is 0.271. The van der Waals surface area contributed by atoms with Gasteiger partial charge in [-0.05, 0) is 52.5 Å². The molecule has 226 valence electrons. The third-order valence-corrected chi connectivity index (χ3v) is 8.44. The summed E-state index contributed by atoms with van der Waals surface area (Å²) in [5.74, 6) is 0.192. The lowest BCUT2D eigenvalue weighted by molar-refractivity contribution is -0.138. The number of rotatable bonds is 8. The lowest BCUT2D eigenvalue weighted by Gasteiger charge is -2.38. The number of carbonyl (C=O) groups excluding carboxylic acids is 1. The van der Waals surface area contributed by atoms with Gasteiger partial charge >= 0.3 is 0 Å². The number of amides is 1. The summed E-state index contributed by atoms with van der Waals surface area (Å²) >= 11 is 0. The summed E-state index contributed by atoms with van der Waals surface area (Å²) < 4.78 is 47.7. The van der Waals surface area contributed by atoms with Crippen LogP contribution in [0, 0.1) is 18.7 Å². The minimum absolute atomic E-state index is 0.0505. The maximum Gasteiger partial charge on any atom is 0.266 e. The Morgan fingerprint density at radius 1 is 1.21 bits per heavy atom. The maximum absolute atomic E-state index is 15.0. The summed E-state index contributed by atoms with van der Waals surface area (Å²) in [5, 5.41) is 25.4. The van der Waals surface area contributed by atoms with Crippen LogP contribution in [-0.2, 0) is 16.8 Å². The van der Waals surface area contributed by atoms with Gasteiger partial charge in [0.05, 0.1) is 35.4 Å². The number of anilines is 1. The average molecular weight is 587 g/mol. The molecule has 1 aliphatic carbocycles. The Kier molecular flexibility index (Phi) is 8.35. The zero-order chi connectivity index (χ0) is 30.3. The van der Waals surface area contributed by atoms with E-state index in [4.69, 9.17) is 4.74 Å². The van der Waals surface area contributed by atoms with Crippen molar-refractivity contribution in [2.24, 2.45) is 5.92 Å². The van der Waals surface area contributed by atoms with E-state index >= 15 is 0 Å². The third-order valence-electron chi connectivity index (χ3n) is 8.44. The van der Waals surface area contributed by atoms with Gasteiger partial charge in [0.15, 0.2) is 0 Å². The predicted octanol–water partition coefficient (Wildman–Crippen LogP) is 5.34. The van der Waals surface area contributed by atoms with Crippen LogP contribution in [0.4, 0.5) is 19.0 Å². The van der Waals surface area contributed by atoms with Crippen LogP contribution in [0.3, 0.4) is 0 Å². The van der Waals surface area contributed by atoms with Gasteiger partial charge in [-0.15, -0.1) is 0 Å². The molecule has 0 spiro atoms. The number of hydrogen-bond donors (Lipinski definition) is 3. The number of benzene rings is 2. The van der Waals surface area contributed by atoms with Crippen LogP contribution < -0.4 is 10.1 Å². The molecule has 3 N–H and O–H groups in total. The average Bonchev–Trinajstić information content (AvgIpc) is 3.42. The van der Waals surface area contributed by atoms with E-state index in [1.54, 1.807) is 27.8 Å². The molecule has 2 heterocycles. The topological polar surface area (TPSA) is 108 Å². The minimum atomic E-state index is -2.94. The number of nitrogens with one attached hydrogen (secondary N) is 1. The second kappa shape index (κ2) is 11.7. The largest absolute Gasteiger partial charge is 0.492 e. The number of carbonyl (C=O) groups is 1. The Hall–Kier alpha value is -3.44. The smallest absolute Gasteiger partial charge is 0.266 e. The molecule has 0 saturated heterocycles. The maximum atomic E-state index is 15.0. The van der Waals surface area contributed by atoms with Gasteiger partial charge in [0.25, 0.3) is 6.43 Å². The van der Waals surface area contributed by atoms with E-state index < -0.39 is 35.6 Å². The van der Waals surface area contributed by atoms with Crippen LogP contribution in [-0.4, -0.2) is 57.3 Å². The Labute approximate surface area is 242 Å². The monoisotopic (exact) mass is 586 g/mol. The number of aromatic nitrogens is 2. The first kappa shape index (κ1) is 30.0. The van der Waals surface area contributed by atoms with Gasteiger partial charge < -0.3 is 25.2 Å². The van der Waals surface area contributed by atoms with Gasteiger partial charge in [0, 0.05) is 48.0 Å². The van der Waals surface area contributed by atoms with E-state index in [1.807, 2.05) is 6.07 Å². The summed E-state index contributed by atoms with van der Waals surface area (Å²) in [6.07, 6.45) is -1.36. The first-order valence-electron chi connectivity index (χ1n) is 14.4. The Balaban J connectivity index is 1.49. The summed E-state index contributed by atoms with van der Waals surface area (Å²) in [4.78, 5) is 23.7. The summed E-state index contributed by atoms with van der Waals surface area (Å²) in [7, 11) is 1.67. The van der Waals surface area contributed by atoms with Crippen molar-refractivity contribution >= 4 is 22.6 Å². The van der Waals surface area contributed by atoms with Gasteiger partial charge in [0.2, 0.25) is 5.91 Å². The van der Waals surface area contributed by atoms with Gasteiger partial charge in [-0.1, -0.05) is 18.2 Å². The molecule has 0 bridgehead atoms. The summed E-state index contributed by atoms with van der Waals surface area (Å²) in [6.45, 7) is 5.72. The fourth-order valence-corrected chi connectivity index (χ4v) is 6.30. The van der Waals surface area contributed by atoms with Crippen LogP contribution in [0.1, 0.15) is 80.1 Å². The predicted molar refractivity (Wildman–Crippen MR) is 152 cm³/mol. The highest BCUT2D eigenvalue weighted by molar-refractivity contribution is 5.94. The van der Waals surface area contributed by atoms with Crippen molar-refractivity contribution in [2.45, 2.75) is 77.0 Å². The number of aryl methyl sites for hydroxylation is 1. The molecule has 1 saturated carbocycles. The number of nitrogens with zero attached hydrogens (tertiary/aromatic N) is 3. The molecule has 5 rings (SSSR count).